The number of anilines is 1. The predicted octanol–water partition coefficient (Wildman–Crippen LogP) is 4.51. The fourth-order valence-corrected chi connectivity index (χ4v) is 4.31. The first kappa shape index (κ1) is 21.5. The molecule has 3 amide bonds. The highest BCUT2D eigenvalue weighted by Gasteiger charge is 2.36. The molecule has 0 radical (unpaired) electrons. The Kier molecular flexibility index (Phi) is 6.13. The molecule has 1 N–H and O–H groups in total. The average molecular weight is 448 g/mol. The summed E-state index contributed by atoms with van der Waals surface area (Å²) in [5, 5.41) is 3.18. The third-order valence-corrected chi connectivity index (χ3v) is 5.89. The van der Waals surface area contributed by atoms with Gasteiger partial charge in [-0.3, -0.25) is 19.3 Å². The summed E-state index contributed by atoms with van der Waals surface area (Å²) in [6.07, 6.45) is 5.43. The van der Waals surface area contributed by atoms with Crippen LogP contribution in [0.4, 0.5) is 10.5 Å². The lowest BCUT2D eigenvalue weighted by molar-refractivity contribution is -0.127. The van der Waals surface area contributed by atoms with Gasteiger partial charge in [0.15, 0.2) is 0 Å². The number of nitrogens with one attached hydrogen (secondary N) is 1. The van der Waals surface area contributed by atoms with Crippen molar-refractivity contribution in [2.45, 2.75) is 6.54 Å². The summed E-state index contributed by atoms with van der Waals surface area (Å²) in [4.78, 5) is 38.9. The smallest absolute Gasteiger partial charge is 0.294 e. The van der Waals surface area contributed by atoms with Crippen LogP contribution in [0.5, 0.6) is 5.75 Å². The molecule has 7 nitrogen and oxygen atoms in total. The van der Waals surface area contributed by atoms with Gasteiger partial charge in [0.1, 0.15) is 12.3 Å². The monoisotopic (exact) mass is 447 g/mol. The number of rotatable bonds is 7. The van der Waals surface area contributed by atoms with E-state index in [-0.39, 0.29) is 11.4 Å². The van der Waals surface area contributed by atoms with Crippen LogP contribution in [0.15, 0.2) is 72.3 Å². The van der Waals surface area contributed by atoms with Crippen LogP contribution in [0.25, 0.3) is 17.0 Å². The van der Waals surface area contributed by atoms with Crippen molar-refractivity contribution in [3.8, 4) is 5.75 Å². The molecule has 0 saturated carbocycles. The SMILES string of the molecule is C=CCn1cc(/C=C2/SC(=O)N(CC(=O)Nc3ccc(OC)cc3)C2=O)c2ccccc21. The van der Waals surface area contributed by atoms with Crippen LogP contribution >= 0.6 is 11.8 Å². The largest absolute Gasteiger partial charge is 0.497 e. The maximum Gasteiger partial charge on any atom is 0.294 e. The molecule has 1 aliphatic heterocycles. The van der Waals surface area contributed by atoms with Crippen molar-refractivity contribution in [2.75, 3.05) is 19.0 Å². The number of thioether (sulfide) groups is 1. The van der Waals surface area contributed by atoms with Gasteiger partial charge in [-0.05, 0) is 48.2 Å². The highest BCUT2D eigenvalue weighted by molar-refractivity contribution is 8.18. The predicted molar refractivity (Wildman–Crippen MR) is 126 cm³/mol. The molecule has 2 heterocycles. The van der Waals surface area contributed by atoms with Crippen LogP contribution in [0.1, 0.15) is 5.56 Å². The molecule has 1 fully saturated rings. The summed E-state index contributed by atoms with van der Waals surface area (Å²) in [5.41, 5.74) is 2.39. The van der Waals surface area contributed by atoms with Gasteiger partial charge in [-0.15, -0.1) is 6.58 Å². The Morgan fingerprint density at radius 1 is 1.16 bits per heavy atom. The van der Waals surface area contributed by atoms with Crippen LogP contribution in [0.3, 0.4) is 0 Å². The second-order valence-corrected chi connectivity index (χ2v) is 8.08. The van der Waals surface area contributed by atoms with Gasteiger partial charge in [0.25, 0.3) is 11.1 Å². The Hall–Kier alpha value is -3.78. The maximum atomic E-state index is 12.9. The lowest BCUT2D eigenvalue weighted by atomic mass is 10.1. The van der Waals surface area contributed by atoms with E-state index < -0.39 is 17.1 Å². The quantitative estimate of drug-likeness (QED) is 0.426. The second kappa shape index (κ2) is 9.15. The number of fused-ring (bicyclic) bond motifs is 1. The van der Waals surface area contributed by atoms with Crippen molar-refractivity contribution >= 4 is 51.5 Å². The van der Waals surface area contributed by atoms with E-state index in [2.05, 4.69) is 11.9 Å². The molecule has 0 spiro atoms. The molecule has 32 heavy (non-hydrogen) atoms. The Bertz CT molecular complexity index is 1240. The van der Waals surface area contributed by atoms with Crippen LogP contribution < -0.4 is 10.1 Å². The van der Waals surface area contributed by atoms with E-state index in [4.69, 9.17) is 4.74 Å². The number of carbonyl (C=O) groups is 3. The molecule has 1 aliphatic rings. The molecule has 8 heteroatoms. The number of methoxy groups -OCH3 is 1. The van der Waals surface area contributed by atoms with Gasteiger partial charge < -0.3 is 14.6 Å². The molecule has 2 aromatic carbocycles. The first-order chi connectivity index (χ1) is 15.5. The van der Waals surface area contributed by atoms with Gasteiger partial charge in [0, 0.05) is 34.9 Å². The Morgan fingerprint density at radius 2 is 1.91 bits per heavy atom. The van der Waals surface area contributed by atoms with E-state index in [1.807, 2.05) is 35.0 Å². The number of ether oxygens (including phenoxy) is 1. The minimum Gasteiger partial charge on any atom is -0.497 e. The fourth-order valence-electron chi connectivity index (χ4n) is 3.48. The van der Waals surface area contributed by atoms with E-state index in [1.54, 1.807) is 43.5 Å². The van der Waals surface area contributed by atoms with E-state index in [0.29, 0.717) is 18.0 Å². The number of hydrogen-bond acceptors (Lipinski definition) is 5. The topological polar surface area (TPSA) is 80.6 Å². The van der Waals surface area contributed by atoms with Gasteiger partial charge in [-0.2, -0.15) is 0 Å². The molecule has 4 rings (SSSR count). The normalized spacial score (nSPS) is 14.9. The molecule has 1 aromatic heterocycles. The Balaban J connectivity index is 1.51. The highest BCUT2D eigenvalue weighted by atomic mass is 32.2. The van der Waals surface area contributed by atoms with Crippen LogP contribution in [0.2, 0.25) is 0 Å². The number of nitrogens with zero attached hydrogens (tertiary/aromatic N) is 2. The number of aromatic nitrogens is 1. The lowest BCUT2D eigenvalue weighted by Gasteiger charge is -2.12. The molecular weight excluding hydrogens is 426 g/mol. The maximum absolute atomic E-state index is 12.9. The molecule has 1 saturated heterocycles. The first-order valence-corrected chi connectivity index (χ1v) is 10.7. The molecule has 3 aromatic rings. The van der Waals surface area contributed by atoms with Crippen LogP contribution in [-0.2, 0) is 16.1 Å². The molecule has 0 bridgehead atoms. The van der Waals surface area contributed by atoms with Gasteiger partial charge in [-0.1, -0.05) is 24.3 Å². The summed E-state index contributed by atoms with van der Waals surface area (Å²) < 4.78 is 7.12. The van der Waals surface area contributed by atoms with Gasteiger partial charge in [-0.25, -0.2) is 0 Å². The molecule has 0 atom stereocenters. The van der Waals surface area contributed by atoms with Gasteiger partial charge in [0.05, 0.1) is 12.0 Å². The van der Waals surface area contributed by atoms with Crippen molar-refractivity contribution < 1.29 is 19.1 Å². The number of imide groups is 1. The summed E-state index contributed by atoms with van der Waals surface area (Å²) in [7, 11) is 1.55. The standard InChI is InChI=1S/C24H21N3O4S/c1-3-12-26-14-16(19-6-4-5-7-20(19)26)13-21-23(29)27(24(30)32-21)15-22(28)25-17-8-10-18(31-2)11-9-17/h3-11,13-14H,1,12,15H2,2H3,(H,25,28)/b21-13+. The number of carbonyl (C=O) groups excluding carboxylic acids is 3. The number of amides is 3. The van der Waals surface area contributed by atoms with E-state index in [1.165, 1.54) is 0 Å². The van der Waals surface area contributed by atoms with Crippen molar-refractivity contribution in [2.24, 2.45) is 0 Å². The number of para-hydroxylation sites is 1. The number of allylic oxidation sites excluding steroid dienone is 1. The average Bonchev–Trinajstić information content (AvgIpc) is 3.27. The second-order valence-electron chi connectivity index (χ2n) is 7.09. The summed E-state index contributed by atoms with van der Waals surface area (Å²) in [6, 6.07) is 14.6. The molecule has 0 aliphatic carbocycles. The zero-order valence-electron chi connectivity index (χ0n) is 17.4. The highest BCUT2D eigenvalue weighted by Crippen LogP contribution is 2.34. The van der Waals surface area contributed by atoms with Gasteiger partial charge in [0.2, 0.25) is 5.91 Å². The fraction of sp³-hybridized carbons (Fsp3) is 0.125. The third kappa shape index (κ3) is 4.31. The van der Waals surface area contributed by atoms with Crippen molar-refractivity contribution in [1.29, 1.82) is 0 Å². The van der Waals surface area contributed by atoms with E-state index in [9.17, 15) is 14.4 Å². The van der Waals surface area contributed by atoms with E-state index in [0.717, 1.165) is 33.1 Å². The Labute approximate surface area is 189 Å². The lowest BCUT2D eigenvalue weighted by Crippen LogP contribution is -2.36. The minimum absolute atomic E-state index is 0.286. The van der Waals surface area contributed by atoms with Crippen molar-refractivity contribution in [3.63, 3.8) is 0 Å². The van der Waals surface area contributed by atoms with Crippen molar-refractivity contribution in [3.05, 3.63) is 77.9 Å². The molecule has 162 valence electrons. The minimum atomic E-state index is -0.481. The molecular formula is C24H21N3O4S. The summed E-state index contributed by atoms with van der Waals surface area (Å²) >= 11 is 0.834. The zero-order valence-corrected chi connectivity index (χ0v) is 18.2. The zero-order chi connectivity index (χ0) is 22.7. The number of benzene rings is 2. The van der Waals surface area contributed by atoms with E-state index >= 15 is 0 Å². The van der Waals surface area contributed by atoms with Crippen molar-refractivity contribution in [1.82, 2.24) is 9.47 Å². The van der Waals surface area contributed by atoms with Gasteiger partial charge >= 0.3 is 0 Å². The third-order valence-electron chi connectivity index (χ3n) is 4.98. The Morgan fingerprint density at radius 3 is 2.62 bits per heavy atom. The number of hydrogen-bond donors (Lipinski definition) is 1. The summed E-state index contributed by atoms with van der Waals surface area (Å²) in [5.74, 6) is -0.278. The molecule has 0 unspecified atom stereocenters. The summed E-state index contributed by atoms with van der Waals surface area (Å²) in [6.45, 7) is 4.05. The first-order valence-electron chi connectivity index (χ1n) is 9.88. The van der Waals surface area contributed by atoms with Crippen LogP contribution in [-0.4, -0.2) is 40.2 Å². The van der Waals surface area contributed by atoms with Crippen LogP contribution in [0, 0.1) is 0 Å².